The summed E-state index contributed by atoms with van der Waals surface area (Å²) in [5, 5.41) is 0. The molecule has 12 heteroatoms. The van der Waals surface area contributed by atoms with Crippen molar-refractivity contribution in [2.24, 2.45) is 0 Å². The van der Waals surface area contributed by atoms with Crippen LogP contribution in [0.1, 0.15) is 43.2 Å². The van der Waals surface area contributed by atoms with E-state index < -0.39 is 23.5 Å². The molecular weight excluding hydrogens is 562 g/mol. The number of nitrogens with zero attached hydrogens (tertiary/aromatic N) is 4. The molecule has 0 unspecified atom stereocenters. The zero-order valence-corrected chi connectivity index (χ0v) is 21.3. The Kier molecular flexibility index (Phi) is 7.38. The molecule has 212 valence electrons. The Balaban J connectivity index is 0.000000168. The summed E-state index contributed by atoms with van der Waals surface area (Å²) < 4.78 is 78.3. The average molecular weight is 580 g/mol. The van der Waals surface area contributed by atoms with Gasteiger partial charge in [0.05, 0.1) is 11.1 Å². The highest BCUT2D eigenvalue weighted by atomic mass is 19.4. The van der Waals surface area contributed by atoms with E-state index in [4.69, 9.17) is 0 Å². The van der Waals surface area contributed by atoms with Crippen molar-refractivity contribution >= 4 is 22.9 Å². The summed E-state index contributed by atoms with van der Waals surface area (Å²) in [6.45, 7) is 0. The van der Waals surface area contributed by atoms with Gasteiger partial charge in [-0.1, -0.05) is 60.7 Å². The third-order valence-corrected chi connectivity index (χ3v) is 6.09. The van der Waals surface area contributed by atoms with Gasteiger partial charge >= 0.3 is 12.4 Å². The number of carbonyl (C=O) groups is 2. The lowest BCUT2D eigenvalue weighted by atomic mass is 10.1. The van der Waals surface area contributed by atoms with Crippen LogP contribution < -0.4 is 0 Å². The third kappa shape index (κ3) is 6.07. The summed E-state index contributed by atoms with van der Waals surface area (Å²) in [7, 11) is 0. The molecule has 0 aliphatic carbocycles. The largest absolute Gasteiger partial charge is 0.417 e. The number of hydrogen-bond donors (Lipinski definition) is 0. The van der Waals surface area contributed by atoms with Crippen LogP contribution in [0.5, 0.6) is 0 Å². The van der Waals surface area contributed by atoms with Crippen molar-refractivity contribution in [2.75, 3.05) is 0 Å². The molecule has 4 aromatic heterocycles. The molecule has 0 amide bonds. The van der Waals surface area contributed by atoms with Crippen LogP contribution in [0.25, 0.3) is 11.3 Å². The third-order valence-electron chi connectivity index (χ3n) is 6.09. The SMILES string of the molecule is O=C(c1ccccc1)c1cn2cc(C(F)(F)F)ccc2n1.O=C(c1ccccc1)c1cn2cc(C(F)(F)F)ccc2n1. The smallest absolute Gasteiger partial charge is 0.306 e. The lowest BCUT2D eigenvalue weighted by molar-refractivity contribution is -0.138. The molecule has 0 atom stereocenters. The van der Waals surface area contributed by atoms with Crippen molar-refractivity contribution in [1.82, 2.24) is 18.8 Å². The lowest BCUT2D eigenvalue weighted by Crippen LogP contribution is -2.05. The van der Waals surface area contributed by atoms with Crippen LogP contribution in [-0.2, 0) is 12.4 Å². The van der Waals surface area contributed by atoms with Gasteiger partial charge in [-0.25, -0.2) is 9.97 Å². The average Bonchev–Trinajstić information content (AvgIpc) is 3.60. The lowest BCUT2D eigenvalue weighted by Gasteiger charge is -2.05. The molecular formula is C30H18F6N4O2. The number of benzene rings is 2. The first kappa shape index (κ1) is 28.3. The van der Waals surface area contributed by atoms with Crippen LogP contribution in [0.4, 0.5) is 26.3 Å². The first-order chi connectivity index (χ1) is 19.9. The molecule has 6 nitrogen and oxygen atoms in total. The topological polar surface area (TPSA) is 68.7 Å². The van der Waals surface area contributed by atoms with Crippen molar-refractivity contribution in [2.45, 2.75) is 12.4 Å². The molecule has 0 saturated carbocycles. The monoisotopic (exact) mass is 580 g/mol. The Morgan fingerprint density at radius 3 is 1.19 bits per heavy atom. The van der Waals surface area contributed by atoms with Gasteiger partial charge in [0.1, 0.15) is 22.7 Å². The molecule has 0 spiro atoms. The van der Waals surface area contributed by atoms with Crippen LogP contribution in [0.2, 0.25) is 0 Å². The van der Waals surface area contributed by atoms with Gasteiger partial charge in [-0.15, -0.1) is 0 Å². The first-order valence-corrected chi connectivity index (χ1v) is 12.2. The molecule has 42 heavy (non-hydrogen) atoms. The van der Waals surface area contributed by atoms with E-state index >= 15 is 0 Å². The van der Waals surface area contributed by atoms with Gasteiger partial charge in [0.2, 0.25) is 11.6 Å². The van der Waals surface area contributed by atoms with E-state index in [1.165, 1.54) is 33.3 Å². The number of ketones is 2. The first-order valence-electron chi connectivity index (χ1n) is 12.2. The van der Waals surface area contributed by atoms with E-state index in [-0.39, 0.29) is 23.0 Å². The zero-order valence-electron chi connectivity index (χ0n) is 21.3. The number of carbonyl (C=O) groups excluding carboxylic acids is 2. The van der Waals surface area contributed by atoms with E-state index in [9.17, 15) is 35.9 Å². The maximum Gasteiger partial charge on any atom is 0.417 e. The van der Waals surface area contributed by atoms with Gasteiger partial charge in [0.25, 0.3) is 0 Å². The Morgan fingerprint density at radius 1 is 0.500 bits per heavy atom. The molecule has 4 heterocycles. The van der Waals surface area contributed by atoms with Crippen molar-refractivity contribution in [1.29, 1.82) is 0 Å². The molecule has 0 fully saturated rings. The van der Waals surface area contributed by atoms with Gasteiger partial charge in [-0.2, -0.15) is 26.3 Å². The number of fused-ring (bicyclic) bond motifs is 2. The Bertz CT molecular complexity index is 1750. The molecule has 2 aromatic carbocycles. The van der Waals surface area contributed by atoms with Crippen LogP contribution in [0, 0.1) is 0 Å². The quantitative estimate of drug-likeness (QED) is 0.164. The fourth-order valence-electron chi connectivity index (χ4n) is 4.01. The zero-order chi connectivity index (χ0) is 30.1. The van der Waals surface area contributed by atoms with E-state index in [0.29, 0.717) is 22.4 Å². The second kappa shape index (κ2) is 11.0. The summed E-state index contributed by atoms with van der Waals surface area (Å²) >= 11 is 0. The van der Waals surface area contributed by atoms with Gasteiger partial charge in [-0.3, -0.25) is 9.59 Å². The molecule has 0 aliphatic heterocycles. The predicted molar refractivity (Wildman–Crippen MR) is 140 cm³/mol. The van der Waals surface area contributed by atoms with E-state index in [1.807, 2.05) is 0 Å². The molecule has 0 aliphatic rings. The maximum absolute atomic E-state index is 12.6. The fraction of sp³-hybridized carbons (Fsp3) is 0.0667. The molecule has 0 saturated heterocycles. The summed E-state index contributed by atoms with van der Waals surface area (Å²) in [6.07, 6.45) is -4.40. The van der Waals surface area contributed by atoms with Crippen LogP contribution in [0.3, 0.4) is 0 Å². The standard InChI is InChI=1S/2C15H9F3N2O/c2*16-15(17,18)11-6-7-13-19-12(9-20(13)8-11)14(21)10-4-2-1-3-5-10/h2*1-9H. The summed E-state index contributed by atoms with van der Waals surface area (Å²) in [5.41, 5.74) is 0.122. The predicted octanol–water partition coefficient (Wildman–Crippen LogP) is 7.17. The normalized spacial score (nSPS) is 11.8. The number of pyridine rings is 2. The molecule has 6 aromatic rings. The van der Waals surface area contributed by atoms with E-state index in [0.717, 1.165) is 24.5 Å². The molecule has 0 bridgehead atoms. The molecule has 6 rings (SSSR count). The fourth-order valence-corrected chi connectivity index (χ4v) is 4.01. The minimum atomic E-state index is -4.43. The Hall–Kier alpha value is -5.26. The van der Waals surface area contributed by atoms with Gasteiger partial charge in [0, 0.05) is 35.9 Å². The second-order valence-corrected chi connectivity index (χ2v) is 9.00. The van der Waals surface area contributed by atoms with Crippen LogP contribution in [-0.4, -0.2) is 30.3 Å². The highest BCUT2D eigenvalue weighted by Gasteiger charge is 2.32. The van der Waals surface area contributed by atoms with Crippen molar-refractivity contribution in [3.05, 3.63) is 143 Å². The van der Waals surface area contributed by atoms with Gasteiger partial charge in [-0.05, 0) is 24.3 Å². The maximum atomic E-state index is 12.6. The number of rotatable bonds is 4. The van der Waals surface area contributed by atoms with E-state index in [1.54, 1.807) is 60.7 Å². The second-order valence-electron chi connectivity index (χ2n) is 9.00. The minimum Gasteiger partial charge on any atom is -0.306 e. The number of hydrogen-bond acceptors (Lipinski definition) is 4. The molecule has 0 radical (unpaired) electrons. The Morgan fingerprint density at radius 2 is 0.857 bits per heavy atom. The van der Waals surface area contributed by atoms with Crippen molar-refractivity contribution in [3.8, 4) is 0 Å². The van der Waals surface area contributed by atoms with Crippen molar-refractivity contribution in [3.63, 3.8) is 0 Å². The van der Waals surface area contributed by atoms with Gasteiger partial charge < -0.3 is 8.80 Å². The summed E-state index contributed by atoms with van der Waals surface area (Å²) in [5.74, 6) is -0.652. The number of halogens is 6. The van der Waals surface area contributed by atoms with Gasteiger partial charge in [0.15, 0.2) is 0 Å². The molecule has 0 N–H and O–H groups in total. The number of alkyl halides is 6. The summed E-state index contributed by atoms with van der Waals surface area (Å²) in [4.78, 5) is 32.5. The Labute approximate surface area is 233 Å². The highest BCUT2D eigenvalue weighted by Crippen LogP contribution is 2.30. The van der Waals surface area contributed by atoms with E-state index in [2.05, 4.69) is 9.97 Å². The summed E-state index contributed by atoms with van der Waals surface area (Å²) in [6, 6.07) is 21.3. The van der Waals surface area contributed by atoms with Crippen molar-refractivity contribution < 1.29 is 35.9 Å². The minimum absolute atomic E-state index is 0.112. The number of aromatic nitrogens is 4. The van der Waals surface area contributed by atoms with Crippen LogP contribution in [0.15, 0.2) is 110 Å². The highest BCUT2D eigenvalue weighted by molar-refractivity contribution is 6.08. The van der Waals surface area contributed by atoms with Crippen LogP contribution >= 0.6 is 0 Å². The number of imidazole rings is 2.